The molecule has 0 aromatic heterocycles. The second kappa shape index (κ2) is 6.41. The van der Waals surface area contributed by atoms with Crippen LogP contribution in [-0.2, 0) is 17.6 Å². The summed E-state index contributed by atoms with van der Waals surface area (Å²) in [7, 11) is 0. The summed E-state index contributed by atoms with van der Waals surface area (Å²) in [6.45, 7) is 0.920. The van der Waals surface area contributed by atoms with Crippen molar-refractivity contribution in [3.8, 4) is 0 Å². The van der Waals surface area contributed by atoms with E-state index in [9.17, 15) is 9.90 Å². The predicted molar refractivity (Wildman–Crippen MR) is 75.5 cm³/mol. The summed E-state index contributed by atoms with van der Waals surface area (Å²) in [6, 6.07) is 7.98. The SMILES string of the molecule is [N-]=[N+]=NCCCNC1(C(=O)O)CCc2ccccc2C1. The lowest BCUT2D eigenvalue weighted by Crippen LogP contribution is -2.56. The topological polar surface area (TPSA) is 98.1 Å². The number of nitrogens with zero attached hydrogens (tertiary/aromatic N) is 3. The normalized spacial score (nSPS) is 20.8. The summed E-state index contributed by atoms with van der Waals surface area (Å²) in [4.78, 5) is 14.3. The van der Waals surface area contributed by atoms with Gasteiger partial charge in [0, 0.05) is 17.9 Å². The van der Waals surface area contributed by atoms with E-state index < -0.39 is 11.5 Å². The Morgan fingerprint density at radius 3 is 2.90 bits per heavy atom. The Bertz CT molecular complexity index is 540. The monoisotopic (exact) mass is 274 g/mol. The number of aliphatic carboxylic acids is 1. The van der Waals surface area contributed by atoms with E-state index >= 15 is 0 Å². The van der Waals surface area contributed by atoms with Gasteiger partial charge in [-0.3, -0.25) is 4.79 Å². The van der Waals surface area contributed by atoms with Crippen LogP contribution in [0.4, 0.5) is 0 Å². The number of hydrogen-bond donors (Lipinski definition) is 2. The minimum absolute atomic E-state index is 0.385. The van der Waals surface area contributed by atoms with Gasteiger partial charge in [-0.05, 0) is 42.5 Å². The van der Waals surface area contributed by atoms with Crippen molar-refractivity contribution in [3.63, 3.8) is 0 Å². The number of aryl methyl sites for hydroxylation is 1. The first kappa shape index (κ1) is 14.4. The van der Waals surface area contributed by atoms with Crippen LogP contribution in [0.25, 0.3) is 10.4 Å². The number of benzene rings is 1. The summed E-state index contributed by atoms with van der Waals surface area (Å²) >= 11 is 0. The van der Waals surface area contributed by atoms with Gasteiger partial charge in [0.1, 0.15) is 5.54 Å². The van der Waals surface area contributed by atoms with Gasteiger partial charge >= 0.3 is 5.97 Å². The van der Waals surface area contributed by atoms with E-state index in [0.717, 1.165) is 12.0 Å². The van der Waals surface area contributed by atoms with Crippen molar-refractivity contribution < 1.29 is 9.90 Å². The average molecular weight is 274 g/mol. The zero-order chi connectivity index (χ0) is 14.4. The summed E-state index contributed by atoms with van der Waals surface area (Å²) in [5.41, 5.74) is 9.65. The molecule has 1 atom stereocenters. The van der Waals surface area contributed by atoms with Crippen LogP contribution in [0.5, 0.6) is 0 Å². The van der Waals surface area contributed by atoms with E-state index in [4.69, 9.17) is 5.53 Å². The molecule has 0 aliphatic heterocycles. The fraction of sp³-hybridized carbons (Fsp3) is 0.500. The van der Waals surface area contributed by atoms with Gasteiger partial charge in [0.2, 0.25) is 0 Å². The molecule has 1 aromatic carbocycles. The molecule has 0 saturated carbocycles. The van der Waals surface area contributed by atoms with Crippen molar-refractivity contribution in [2.75, 3.05) is 13.1 Å². The Kier molecular flexibility index (Phi) is 4.61. The fourth-order valence-corrected chi connectivity index (χ4v) is 2.67. The highest BCUT2D eigenvalue weighted by molar-refractivity contribution is 5.80. The first-order chi connectivity index (χ1) is 9.68. The Hall–Kier alpha value is -2.04. The third-order valence-electron chi connectivity index (χ3n) is 3.80. The zero-order valence-corrected chi connectivity index (χ0v) is 11.2. The minimum Gasteiger partial charge on any atom is -0.480 e. The lowest BCUT2D eigenvalue weighted by molar-refractivity contribution is -0.145. The molecule has 106 valence electrons. The quantitative estimate of drug-likeness (QED) is 0.360. The molecule has 0 amide bonds. The van der Waals surface area contributed by atoms with E-state index in [0.29, 0.717) is 32.4 Å². The number of carboxylic acids is 1. The van der Waals surface area contributed by atoms with E-state index in [-0.39, 0.29) is 0 Å². The van der Waals surface area contributed by atoms with Crippen LogP contribution in [0, 0.1) is 0 Å². The van der Waals surface area contributed by atoms with Gasteiger partial charge < -0.3 is 10.4 Å². The van der Waals surface area contributed by atoms with Crippen molar-refractivity contribution in [2.24, 2.45) is 5.11 Å². The second-order valence-electron chi connectivity index (χ2n) is 5.07. The Labute approximate surface area is 117 Å². The number of hydrogen-bond acceptors (Lipinski definition) is 3. The highest BCUT2D eigenvalue weighted by Crippen LogP contribution is 2.29. The zero-order valence-electron chi connectivity index (χ0n) is 11.2. The largest absolute Gasteiger partial charge is 0.480 e. The van der Waals surface area contributed by atoms with Crippen molar-refractivity contribution in [1.82, 2.24) is 5.32 Å². The lowest BCUT2D eigenvalue weighted by Gasteiger charge is -2.35. The van der Waals surface area contributed by atoms with Gasteiger partial charge in [0.25, 0.3) is 0 Å². The molecule has 1 unspecified atom stereocenters. The molecule has 0 bridgehead atoms. The highest BCUT2D eigenvalue weighted by atomic mass is 16.4. The molecule has 2 rings (SSSR count). The third kappa shape index (κ3) is 3.10. The molecule has 0 radical (unpaired) electrons. The summed E-state index contributed by atoms with van der Waals surface area (Å²) in [5.74, 6) is -0.809. The number of azide groups is 1. The molecule has 6 nitrogen and oxygen atoms in total. The number of nitrogens with one attached hydrogen (secondary N) is 1. The highest BCUT2D eigenvalue weighted by Gasteiger charge is 2.40. The van der Waals surface area contributed by atoms with Crippen LogP contribution in [0.1, 0.15) is 24.0 Å². The minimum atomic E-state index is -0.898. The second-order valence-corrected chi connectivity index (χ2v) is 5.07. The van der Waals surface area contributed by atoms with Crippen LogP contribution in [-0.4, -0.2) is 29.7 Å². The molecule has 6 heteroatoms. The van der Waals surface area contributed by atoms with Crippen LogP contribution in [0.15, 0.2) is 29.4 Å². The number of carboxylic acid groups (broad SMARTS) is 1. The van der Waals surface area contributed by atoms with E-state index in [1.54, 1.807) is 0 Å². The van der Waals surface area contributed by atoms with Crippen LogP contribution >= 0.6 is 0 Å². The van der Waals surface area contributed by atoms with Crippen LogP contribution in [0.2, 0.25) is 0 Å². The summed E-state index contributed by atoms with van der Waals surface area (Å²) in [5, 5.41) is 16.2. The predicted octanol–water partition coefficient (Wildman–Crippen LogP) is 2.29. The molecule has 0 spiro atoms. The molecular weight excluding hydrogens is 256 g/mol. The number of rotatable bonds is 6. The van der Waals surface area contributed by atoms with E-state index in [2.05, 4.69) is 21.4 Å². The summed E-state index contributed by atoms with van der Waals surface area (Å²) < 4.78 is 0. The third-order valence-corrected chi connectivity index (χ3v) is 3.80. The van der Waals surface area contributed by atoms with Gasteiger partial charge in [-0.1, -0.05) is 29.4 Å². The van der Waals surface area contributed by atoms with Gasteiger partial charge in [0.05, 0.1) is 0 Å². The molecule has 20 heavy (non-hydrogen) atoms. The summed E-state index contributed by atoms with van der Waals surface area (Å²) in [6.07, 6.45) is 2.49. The smallest absolute Gasteiger partial charge is 0.324 e. The average Bonchev–Trinajstić information content (AvgIpc) is 2.46. The lowest BCUT2D eigenvalue weighted by atomic mass is 9.78. The van der Waals surface area contributed by atoms with Gasteiger partial charge in [-0.25, -0.2) is 0 Å². The first-order valence-corrected chi connectivity index (χ1v) is 6.74. The molecule has 1 aliphatic rings. The van der Waals surface area contributed by atoms with Crippen molar-refractivity contribution in [1.29, 1.82) is 0 Å². The Morgan fingerprint density at radius 2 is 2.20 bits per heavy atom. The van der Waals surface area contributed by atoms with Crippen molar-refractivity contribution >= 4 is 5.97 Å². The van der Waals surface area contributed by atoms with Crippen molar-refractivity contribution in [3.05, 3.63) is 45.8 Å². The van der Waals surface area contributed by atoms with Crippen LogP contribution in [0.3, 0.4) is 0 Å². The van der Waals surface area contributed by atoms with Gasteiger partial charge in [-0.2, -0.15) is 0 Å². The number of fused-ring (bicyclic) bond motifs is 1. The fourth-order valence-electron chi connectivity index (χ4n) is 2.67. The standard InChI is InChI=1S/C14H18N4O2/c15-18-17-9-3-8-16-14(13(19)20)7-6-11-4-1-2-5-12(11)10-14/h1-2,4-5,16H,3,6-10H2,(H,19,20). The Morgan fingerprint density at radius 1 is 1.45 bits per heavy atom. The molecule has 0 heterocycles. The molecular formula is C14H18N4O2. The molecule has 2 N–H and O–H groups in total. The maximum absolute atomic E-state index is 11.7. The van der Waals surface area contributed by atoms with Gasteiger partial charge in [-0.15, -0.1) is 0 Å². The van der Waals surface area contributed by atoms with Crippen LogP contribution < -0.4 is 5.32 Å². The molecule has 0 saturated heterocycles. The molecule has 1 aliphatic carbocycles. The van der Waals surface area contributed by atoms with E-state index in [1.165, 1.54) is 5.56 Å². The first-order valence-electron chi connectivity index (χ1n) is 6.74. The van der Waals surface area contributed by atoms with E-state index in [1.807, 2.05) is 18.2 Å². The maximum Gasteiger partial charge on any atom is 0.324 e. The maximum atomic E-state index is 11.7. The van der Waals surface area contributed by atoms with Gasteiger partial charge in [0.15, 0.2) is 0 Å². The van der Waals surface area contributed by atoms with Crippen molar-refractivity contribution in [2.45, 2.75) is 31.2 Å². The molecule has 1 aromatic rings. The number of carbonyl (C=O) groups is 1. The Balaban J connectivity index is 2.04. The molecule has 0 fully saturated rings.